The van der Waals surface area contributed by atoms with E-state index >= 15 is 0 Å². The molecule has 28 heavy (non-hydrogen) atoms. The summed E-state index contributed by atoms with van der Waals surface area (Å²) in [7, 11) is 1.61. The van der Waals surface area contributed by atoms with Crippen LogP contribution in [-0.2, 0) is 6.54 Å². The summed E-state index contributed by atoms with van der Waals surface area (Å²) >= 11 is 0. The Kier molecular flexibility index (Phi) is 6.73. The number of anilines is 1. The van der Waals surface area contributed by atoms with Gasteiger partial charge >= 0.3 is 0 Å². The zero-order chi connectivity index (χ0) is 19.6. The van der Waals surface area contributed by atoms with Crippen LogP contribution in [0.1, 0.15) is 16.1 Å². The molecule has 2 aromatic heterocycles. The van der Waals surface area contributed by atoms with Crippen LogP contribution in [0.4, 0.5) is 5.95 Å². The first-order chi connectivity index (χ1) is 13.7. The van der Waals surface area contributed by atoms with E-state index in [-0.39, 0.29) is 11.6 Å². The molecule has 2 N–H and O–H groups in total. The maximum atomic E-state index is 12.3. The Morgan fingerprint density at radius 2 is 1.75 bits per heavy atom. The fourth-order valence-corrected chi connectivity index (χ4v) is 2.35. The number of carbonyl (C=O) groups is 1. The molecule has 0 spiro atoms. The third kappa shape index (κ3) is 5.66. The van der Waals surface area contributed by atoms with Crippen LogP contribution in [0.3, 0.4) is 0 Å². The number of nitrogens with one attached hydrogen (secondary N) is 2. The second kappa shape index (κ2) is 9.86. The number of hydrogen-bond donors (Lipinski definition) is 2. The molecule has 0 aliphatic rings. The van der Waals surface area contributed by atoms with Crippen molar-refractivity contribution in [2.24, 2.45) is 0 Å². The third-order valence-electron chi connectivity index (χ3n) is 3.80. The number of carbonyl (C=O) groups excluding carboxylic acids is 1. The van der Waals surface area contributed by atoms with Crippen molar-refractivity contribution in [2.45, 2.75) is 6.54 Å². The lowest BCUT2D eigenvalue weighted by Crippen LogP contribution is -2.29. The Labute approximate surface area is 163 Å². The van der Waals surface area contributed by atoms with Gasteiger partial charge in [-0.2, -0.15) is 0 Å². The summed E-state index contributed by atoms with van der Waals surface area (Å²) in [5, 5.41) is 5.87. The third-order valence-corrected chi connectivity index (χ3v) is 3.80. The van der Waals surface area contributed by atoms with Crippen LogP contribution in [0.5, 0.6) is 11.5 Å². The number of nitrogens with zero attached hydrogens (tertiary/aromatic N) is 3. The van der Waals surface area contributed by atoms with E-state index in [9.17, 15) is 4.79 Å². The summed E-state index contributed by atoms with van der Waals surface area (Å²) < 4.78 is 10.7. The molecule has 0 atom stereocenters. The van der Waals surface area contributed by atoms with E-state index in [1.165, 1.54) is 0 Å². The predicted octanol–water partition coefficient (Wildman–Crippen LogP) is 2.30. The smallest absolute Gasteiger partial charge is 0.270 e. The van der Waals surface area contributed by atoms with Gasteiger partial charge in [0.05, 0.1) is 13.7 Å². The number of benzene rings is 1. The van der Waals surface area contributed by atoms with E-state index in [0.717, 1.165) is 11.3 Å². The highest BCUT2D eigenvalue weighted by Crippen LogP contribution is 2.16. The molecule has 0 aliphatic heterocycles. The maximum Gasteiger partial charge on any atom is 0.270 e. The molecule has 0 saturated heterocycles. The maximum absolute atomic E-state index is 12.3. The summed E-state index contributed by atoms with van der Waals surface area (Å²) in [6, 6.07) is 12.6. The average molecular weight is 379 g/mol. The second-order valence-corrected chi connectivity index (χ2v) is 5.75. The Balaban J connectivity index is 1.44. The average Bonchev–Trinajstić information content (AvgIpc) is 2.76. The molecule has 1 amide bonds. The molecule has 1 aromatic carbocycles. The van der Waals surface area contributed by atoms with Crippen molar-refractivity contribution in [3.63, 3.8) is 0 Å². The van der Waals surface area contributed by atoms with E-state index < -0.39 is 0 Å². The van der Waals surface area contributed by atoms with Gasteiger partial charge in [-0.25, -0.2) is 9.97 Å². The van der Waals surface area contributed by atoms with Crippen molar-refractivity contribution in [2.75, 3.05) is 25.6 Å². The van der Waals surface area contributed by atoms with Gasteiger partial charge in [0.25, 0.3) is 5.91 Å². The van der Waals surface area contributed by atoms with Crippen molar-refractivity contribution >= 4 is 11.9 Å². The highest BCUT2D eigenvalue weighted by molar-refractivity contribution is 5.92. The van der Waals surface area contributed by atoms with E-state index in [1.807, 2.05) is 36.4 Å². The second-order valence-electron chi connectivity index (χ2n) is 5.75. The van der Waals surface area contributed by atoms with Crippen LogP contribution in [0, 0.1) is 0 Å². The lowest BCUT2D eigenvalue weighted by molar-refractivity contribution is 0.0942. The van der Waals surface area contributed by atoms with Gasteiger partial charge in [-0.3, -0.25) is 9.78 Å². The first-order valence-electron chi connectivity index (χ1n) is 8.75. The minimum atomic E-state index is -0.285. The zero-order valence-corrected chi connectivity index (χ0v) is 15.5. The molecule has 3 aromatic rings. The van der Waals surface area contributed by atoms with Crippen molar-refractivity contribution in [1.82, 2.24) is 20.3 Å². The summed E-state index contributed by atoms with van der Waals surface area (Å²) in [6.07, 6.45) is 4.98. The van der Waals surface area contributed by atoms with E-state index in [1.54, 1.807) is 31.8 Å². The molecule has 0 saturated carbocycles. The molecule has 8 nitrogen and oxygen atoms in total. The minimum absolute atomic E-state index is 0.285. The van der Waals surface area contributed by atoms with Crippen molar-refractivity contribution in [1.29, 1.82) is 0 Å². The van der Waals surface area contributed by atoms with Gasteiger partial charge in [0.2, 0.25) is 5.95 Å². The molecule has 0 fully saturated rings. The van der Waals surface area contributed by atoms with Gasteiger partial charge in [-0.05, 0) is 48.0 Å². The van der Waals surface area contributed by atoms with Crippen molar-refractivity contribution < 1.29 is 14.3 Å². The molecule has 0 bridgehead atoms. The van der Waals surface area contributed by atoms with Crippen LogP contribution >= 0.6 is 0 Å². The Bertz CT molecular complexity index is 888. The molecule has 2 heterocycles. The predicted molar refractivity (Wildman–Crippen MR) is 104 cm³/mol. The Hall–Kier alpha value is -3.68. The van der Waals surface area contributed by atoms with Crippen molar-refractivity contribution in [3.05, 3.63) is 72.3 Å². The van der Waals surface area contributed by atoms with Crippen LogP contribution < -0.4 is 20.1 Å². The lowest BCUT2D eigenvalue weighted by atomic mass is 10.3. The summed E-state index contributed by atoms with van der Waals surface area (Å²) in [5.74, 6) is 1.57. The first-order valence-corrected chi connectivity index (χ1v) is 8.75. The number of pyridine rings is 1. The summed E-state index contributed by atoms with van der Waals surface area (Å²) in [4.78, 5) is 24.6. The quantitative estimate of drug-likeness (QED) is 0.551. The zero-order valence-electron chi connectivity index (χ0n) is 15.5. The number of aromatic nitrogens is 3. The molecular formula is C20H21N5O3. The van der Waals surface area contributed by atoms with Gasteiger partial charge in [0.15, 0.2) is 0 Å². The van der Waals surface area contributed by atoms with E-state index in [2.05, 4.69) is 25.6 Å². The fourth-order valence-electron chi connectivity index (χ4n) is 2.35. The number of amides is 1. The van der Waals surface area contributed by atoms with Gasteiger partial charge in [0.1, 0.15) is 23.8 Å². The van der Waals surface area contributed by atoms with Crippen LogP contribution in [0.15, 0.2) is 61.1 Å². The van der Waals surface area contributed by atoms with Crippen molar-refractivity contribution in [3.8, 4) is 11.5 Å². The Morgan fingerprint density at radius 3 is 2.50 bits per heavy atom. The number of ether oxygens (including phenoxy) is 2. The molecule has 0 aliphatic carbocycles. The van der Waals surface area contributed by atoms with Crippen LogP contribution in [-0.4, -0.2) is 41.1 Å². The lowest BCUT2D eigenvalue weighted by Gasteiger charge is -2.09. The molecule has 8 heteroatoms. The van der Waals surface area contributed by atoms with E-state index in [0.29, 0.717) is 31.4 Å². The largest absolute Gasteiger partial charge is 0.497 e. The van der Waals surface area contributed by atoms with Gasteiger partial charge in [0, 0.05) is 25.1 Å². The monoisotopic (exact) mass is 379 g/mol. The van der Waals surface area contributed by atoms with Gasteiger partial charge in [-0.1, -0.05) is 0 Å². The number of methoxy groups -OCH3 is 1. The minimum Gasteiger partial charge on any atom is -0.497 e. The molecular weight excluding hydrogens is 358 g/mol. The van der Waals surface area contributed by atoms with Gasteiger partial charge < -0.3 is 20.1 Å². The van der Waals surface area contributed by atoms with E-state index in [4.69, 9.17) is 9.47 Å². The first kappa shape index (κ1) is 19.1. The van der Waals surface area contributed by atoms with Gasteiger partial charge in [-0.15, -0.1) is 0 Å². The SMILES string of the molecule is COc1ccc(OCCNC(=O)c2ccnc(NCc3ccncc3)n2)cc1. The topological polar surface area (TPSA) is 98.3 Å². The highest BCUT2D eigenvalue weighted by atomic mass is 16.5. The standard InChI is InChI=1S/C20H21N5O3/c1-27-16-2-4-17(5-3-16)28-13-12-22-19(26)18-8-11-23-20(25-18)24-14-15-6-9-21-10-7-15/h2-11H,12-14H2,1H3,(H,22,26)(H,23,24,25). The molecule has 144 valence electrons. The van der Waals surface area contributed by atoms with Crippen LogP contribution in [0.2, 0.25) is 0 Å². The fraction of sp³-hybridized carbons (Fsp3) is 0.200. The highest BCUT2D eigenvalue weighted by Gasteiger charge is 2.08. The molecule has 0 unspecified atom stereocenters. The number of hydrogen-bond acceptors (Lipinski definition) is 7. The molecule has 3 rings (SSSR count). The molecule has 0 radical (unpaired) electrons. The Morgan fingerprint density at radius 1 is 1.00 bits per heavy atom. The normalized spacial score (nSPS) is 10.2. The van der Waals surface area contributed by atoms with Crippen LogP contribution in [0.25, 0.3) is 0 Å². The summed E-state index contributed by atoms with van der Waals surface area (Å²) in [6.45, 7) is 1.24. The number of rotatable bonds is 9. The summed E-state index contributed by atoms with van der Waals surface area (Å²) in [5.41, 5.74) is 1.33.